The van der Waals surface area contributed by atoms with E-state index >= 15 is 0 Å². The maximum Gasteiger partial charge on any atom is 0.157 e. The van der Waals surface area contributed by atoms with E-state index in [2.05, 4.69) is 0 Å². The molecular formula is C45H38O16. The Morgan fingerprint density at radius 1 is 0.377 bits per heavy atom. The number of fused-ring (bicyclic) bond motifs is 6. The summed E-state index contributed by atoms with van der Waals surface area (Å²) in [6, 6.07) is 18.7. The monoisotopic (exact) mass is 834 g/mol. The Morgan fingerprint density at radius 3 is 1.15 bits per heavy atom. The lowest BCUT2D eigenvalue weighted by Gasteiger charge is -2.46. The molecule has 6 aromatic carbocycles. The third kappa shape index (κ3) is 6.35. The summed E-state index contributed by atoms with van der Waals surface area (Å²) in [7, 11) is 0. The van der Waals surface area contributed by atoms with Crippen LogP contribution >= 0.6 is 0 Å². The lowest BCUT2D eigenvalue weighted by atomic mass is 9.72. The van der Waals surface area contributed by atoms with Gasteiger partial charge in [-0.3, -0.25) is 0 Å². The molecule has 3 aliphatic heterocycles. The average Bonchev–Trinajstić information content (AvgIpc) is 3.21. The van der Waals surface area contributed by atoms with Gasteiger partial charge in [-0.2, -0.15) is 0 Å². The Morgan fingerprint density at radius 2 is 0.754 bits per heavy atom. The van der Waals surface area contributed by atoms with Crippen LogP contribution in [0.1, 0.15) is 74.7 Å². The highest BCUT2D eigenvalue weighted by Gasteiger charge is 2.52. The highest BCUT2D eigenvalue weighted by atomic mass is 16.5. The van der Waals surface area contributed by atoms with Gasteiger partial charge in [0.15, 0.2) is 46.7 Å². The predicted octanol–water partition coefficient (Wildman–Crippen LogP) is 5.03. The van der Waals surface area contributed by atoms with Crippen molar-refractivity contribution in [2.24, 2.45) is 0 Å². The van der Waals surface area contributed by atoms with Gasteiger partial charge in [0.25, 0.3) is 0 Å². The van der Waals surface area contributed by atoms with Crippen LogP contribution in [0.4, 0.5) is 0 Å². The van der Waals surface area contributed by atoms with Gasteiger partial charge in [0.2, 0.25) is 0 Å². The van der Waals surface area contributed by atoms with E-state index in [4.69, 9.17) is 14.2 Å². The number of ether oxygens (including phenoxy) is 3. The van der Waals surface area contributed by atoms with E-state index in [0.29, 0.717) is 0 Å². The number of aliphatic hydroxyl groups excluding tert-OH is 3. The summed E-state index contributed by atoms with van der Waals surface area (Å²) in [5.74, 6) is -7.46. The van der Waals surface area contributed by atoms with Crippen molar-refractivity contribution in [2.75, 3.05) is 0 Å². The van der Waals surface area contributed by atoms with Crippen molar-refractivity contribution in [3.63, 3.8) is 0 Å². The first-order valence-corrected chi connectivity index (χ1v) is 19.0. The van der Waals surface area contributed by atoms with E-state index in [1.807, 2.05) is 0 Å². The number of phenols is 10. The second-order valence-corrected chi connectivity index (χ2v) is 15.3. The van der Waals surface area contributed by atoms with Crippen molar-refractivity contribution < 1.29 is 80.6 Å². The van der Waals surface area contributed by atoms with Crippen LogP contribution in [0, 0.1) is 0 Å². The maximum atomic E-state index is 12.5. The molecule has 8 atom stereocenters. The molecule has 0 fully saturated rings. The van der Waals surface area contributed by atoms with Crippen molar-refractivity contribution in [1.82, 2.24) is 0 Å². The van der Waals surface area contributed by atoms with Gasteiger partial charge in [0, 0.05) is 58.2 Å². The molecule has 16 nitrogen and oxygen atoms in total. The largest absolute Gasteiger partial charge is 0.508 e. The number of hydrogen-bond donors (Lipinski definition) is 13. The van der Waals surface area contributed by atoms with E-state index < -0.39 is 94.5 Å². The molecule has 13 N–H and O–H groups in total. The standard InChI is InChI=1S/C45H38O16/c46-20-4-6-22(28(51)14-20)34-36-43-24(16-33(56)40(59-43)17-1-8-25(48)30(53)11-17)44-37(45(36)61-42(39(34)58)19-3-10-27(50)32(55)13-19)35(23-7-5-21(47)15-29(23)52)38(57)41(60-44)18-2-9-26(49)31(54)12-18/h1-15,33-35,38-42,46-58H,16H2/t33-,34+,35-,38+,39+,40-,41-,42-/m1/s1. The second kappa shape index (κ2) is 14.4. The molecule has 0 spiro atoms. The number of hydrogen-bond acceptors (Lipinski definition) is 16. The predicted molar refractivity (Wildman–Crippen MR) is 211 cm³/mol. The Balaban J connectivity index is 1.39. The topological polar surface area (TPSA) is 291 Å². The van der Waals surface area contributed by atoms with Gasteiger partial charge in [0.05, 0.1) is 6.10 Å². The minimum atomic E-state index is -1.66. The third-order valence-electron chi connectivity index (χ3n) is 11.6. The van der Waals surface area contributed by atoms with Gasteiger partial charge in [-0.15, -0.1) is 0 Å². The van der Waals surface area contributed by atoms with Crippen LogP contribution < -0.4 is 14.2 Å². The van der Waals surface area contributed by atoms with Crippen molar-refractivity contribution in [1.29, 1.82) is 0 Å². The average molecular weight is 835 g/mol. The zero-order valence-corrected chi connectivity index (χ0v) is 31.5. The van der Waals surface area contributed by atoms with Crippen LogP contribution in [-0.2, 0) is 6.42 Å². The number of rotatable bonds is 5. The van der Waals surface area contributed by atoms with E-state index in [1.165, 1.54) is 72.8 Å². The molecule has 0 aromatic heterocycles. The van der Waals surface area contributed by atoms with Gasteiger partial charge in [-0.25, -0.2) is 0 Å². The minimum absolute atomic E-state index is 0.0392. The molecule has 61 heavy (non-hydrogen) atoms. The van der Waals surface area contributed by atoms with Gasteiger partial charge in [0.1, 0.15) is 58.6 Å². The summed E-state index contributed by atoms with van der Waals surface area (Å²) in [4.78, 5) is 0. The summed E-state index contributed by atoms with van der Waals surface area (Å²) in [5.41, 5.74) is 0.842. The Labute approximate surface area is 345 Å². The number of aliphatic hydroxyl groups is 3. The number of benzene rings is 6. The van der Waals surface area contributed by atoms with Gasteiger partial charge in [-0.1, -0.05) is 30.3 Å². The van der Waals surface area contributed by atoms with Crippen LogP contribution in [-0.4, -0.2) is 84.7 Å². The van der Waals surface area contributed by atoms with Gasteiger partial charge in [-0.05, 0) is 65.2 Å². The molecule has 9 rings (SSSR count). The van der Waals surface area contributed by atoms with Gasteiger partial charge < -0.3 is 80.6 Å². The SMILES string of the molecule is Oc1ccc([C@@H]2c3c(c4c(c5c3O[C@H](c3ccc(O)c(O)c3)[C@@H](O)[C@H]5c3ccc(O)cc3O)O[C@H](c3ccc(O)c(O)c3)[C@H](O)C4)O[C@H](c3ccc(O)c(O)c3)[C@H]2O)c(O)c1. The molecule has 0 aliphatic carbocycles. The van der Waals surface area contributed by atoms with Crippen LogP contribution in [0.5, 0.6) is 74.7 Å². The summed E-state index contributed by atoms with van der Waals surface area (Å²) in [6.07, 6.45) is -9.06. The lowest BCUT2D eigenvalue weighted by molar-refractivity contribution is -0.0171. The number of aromatic hydroxyl groups is 10. The molecule has 0 radical (unpaired) electrons. The molecule has 6 aromatic rings. The first-order chi connectivity index (χ1) is 29.1. The Hall–Kier alpha value is -7.40. The zero-order chi connectivity index (χ0) is 43.2. The lowest BCUT2D eigenvalue weighted by Crippen LogP contribution is -2.41. The third-order valence-corrected chi connectivity index (χ3v) is 11.6. The van der Waals surface area contributed by atoms with E-state index in [0.717, 1.165) is 18.2 Å². The van der Waals surface area contributed by atoms with Crippen LogP contribution in [0.2, 0.25) is 0 Å². The molecule has 0 bridgehead atoms. The molecule has 0 unspecified atom stereocenters. The van der Waals surface area contributed by atoms with E-state index in [1.54, 1.807) is 0 Å². The normalized spacial score (nSPS) is 24.0. The zero-order valence-electron chi connectivity index (χ0n) is 31.5. The first kappa shape index (κ1) is 39.1. The molecule has 314 valence electrons. The van der Waals surface area contributed by atoms with Crippen LogP contribution in [0.25, 0.3) is 0 Å². The van der Waals surface area contributed by atoms with Crippen LogP contribution in [0.3, 0.4) is 0 Å². The summed E-state index contributed by atoms with van der Waals surface area (Å²) >= 11 is 0. The van der Waals surface area contributed by atoms with Crippen molar-refractivity contribution >= 4 is 0 Å². The molecule has 3 heterocycles. The quantitative estimate of drug-likeness (QED) is 0.101. The van der Waals surface area contributed by atoms with E-state index in [-0.39, 0.29) is 79.7 Å². The molecule has 0 saturated heterocycles. The van der Waals surface area contributed by atoms with Crippen molar-refractivity contribution in [2.45, 2.75) is 54.9 Å². The highest BCUT2D eigenvalue weighted by Crippen LogP contribution is 2.63. The maximum absolute atomic E-state index is 12.5. The molecule has 0 saturated carbocycles. The minimum Gasteiger partial charge on any atom is -0.508 e. The second-order valence-electron chi connectivity index (χ2n) is 15.3. The van der Waals surface area contributed by atoms with Crippen molar-refractivity contribution in [3.8, 4) is 74.7 Å². The Bertz CT molecular complexity index is 2650. The van der Waals surface area contributed by atoms with Crippen LogP contribution in [0.15, 0.2) is 91.0 Å². The fourth-order valence-corrected chi connectivity index (χ4v) is 8.77. The molecule has 0 amide bonds. The summed E-state index contributed by atoms with van der Waals surface area (Å²) < 4.78 is 20.1. The van der Waals surface area contributed by atoms with Gasteiger partial charge >= 0.3 is 0 Å². The molecule has 16 heteroatoms. The first-order valence-electron chi connectivity index (χ1n) is 19.0. The highest BCUT2D eigenvalue weighted by molar-refractivity contribution is 5.72. The summed E-state index contributed by atoms with van der Waals surface area (Å²) in [6.45, 7) is 0. The fourth-order valence-electron chi connectivity index (χ4n) is 8.77. The molecule has 3 aliphatic rings. The fraction of sp³-hybridized carbons (Fsp3) is 0.200. The number of phenolic OH excluding ortho intramolecular Hbond substituents is 10. The van der Waals surface area contributed by atoms with E-state index in [9.17, 15) is 66.4 Å². The summed E-state index contributed by atoms with van der Waals surface area (Å²) in [5, 5.41) is 143. The molecular weight excluding hydrogens is 796 g/mol. The smallest absolute Gasteiger partial charge is 0.157 e. The Kier molecular flexibility index (Phi) is 9.23. The van der Waals surface area contributed by atoms with Crippen molar-refractivity contribution in [3.05, 3.63) is 136 Å².